The maximum atomic E-state index is 7.53. The van der Waals surface area contributed by atoms with Crippen molar-refractivity contribution in [2.75, 3.05) is 25.1 Å². The average molecular weight is 262 g/mol. The second kappa shape index (κ2) is 6.02. The van der Waals surface area contributed by atoms with E-state index in [4.69, 9.17) is 15.9 Å². The summed E-state index contributed by atoms with van der Waals surface area (Å²) in [6.07, 6.45) is 3.79. The van der Waals surface area contributed by atoms with Gasteiger partial charge >= 0.3 is 0 Å². The summed E-state index contributed by atoms with van der Waals surface area (Å²) < 4.78 is 5.74. The zero-order valence-corrected chi connectivity index (χ0v) is 11.6. The first-order valence-electron chi connectivity index (χ1n) is 6.72. The van der Waals surface area contributed by atoms with Crippen molar-refractivity contribution in [3.63, 3.8) is 0 Å². The molecule has 1 fully saturated rings. The third-order valence-electron chi connectivity index (χ3n) is 3.39. The Balaban J connectivity index is 2.09. The number of aromatic nitrogens is 1. The molecule has 19 heavy (non-hydrogen) atoms. The van der Waals surface area contributed by atoms with Crippen LogP contribution < -0.4 is 10.6 Å². The number of nitrogens with zero attached hydrogens (tertiary/aromatic N) is 2. The van der Waals surface area contributed by atoms with Crippen LogP contribution in [0.2, 0.25) is 0 Å². The van der Waals surface area contributed by atoms with Crippen LogP contribution in [0.1, 0.15) is 30.5 Å². The van der Waals surface area contributed by atoms with Crippen molar-refractivity contribution in [2.24, 2.45) is 5.73 Å². The number of anilines is 1. The molecule has 104 valence electrons. The van der Waals surface area contributed by atoms with Crippen LogP contribution in [0.4, 0.5) is 5.82 Å². The summed E-state index contributed by atoms with van der Waals surface area (Å²) >= 11 is 0. The van der Waals surface area contributed by atoms with E-state index in [-0.39, 0.29) is 11.9 Å². The van der Waals surface area contributed by atoms with Crippen LogP contribution in [0.25, 0.3) is 0 Å². The van der Waals surface area contributed by atoms with E-state index in [0.717, 1.165) is 43.1 Å². The fourth-order valence-corrected chi connectivity index (χ4v) is 2.35. The zero-order valence-electron chi connectivity index (χ0n) is 11.6. The highest BCUT2D eigenvalue weighted by Gasteiger charge is 2.17. The molecular weight excluding hydrogens is 240 g/mol. The fraction of sp³-hybridized carbons (Fsp3) is 0.571. The van der Waals surface area contributed by atoms with E-state index in [1.807, 2.05) is 26.1 Å². The molecule has 1 unspecified atom stereocenters. The first-order valence-corrected chi connectivity index (χ1v) is 6.72. The van der Waals surface area contributed by atoms with Crippen molar-refractivity contribution in [3.8, 4) is 0 Å². The molecular formula is C14H22N4O. The first-order chi connectivity index (χ1) is 9.06. The molecule has 1 aromatic rings. The van der Waals surface area contributed by atoms with Gasteiger partial charge in [-0.25, -0.2) is 4.98 Å². The summed E-state index contributed by atoms with van der Waals surface area (Å²) in [4.78, 5) is 6.58. The number of ether oxygens (including phenoxy) is 1. The molecule has 0 aliphatic carbocycles. The van der Waals surface area contributed by atoms with E-state index in [9.17, 15) is 0 Å². The van der Waals surface area contributed by atoms with E-state index < -0.39 is 0 Å². The number of hydrogen-bond acceptors (Lipinski definition) is 4. The maximum Gasteiger partial charge on any atom is 0.129 e. The molecule has 0 amide bonds. The maximum absolute atomic E-state index is 7.53. The molecule has 1 saturated heterocycles. The Morgan fingerprint density at radius 1 is 1.53 bits per heavy atom. The second-order valence-corrected chi connectivity index (χ2v) is 5.14. The van der Waals surface area contributed by atoms with Gasteiger partial charge in [0.1, 0.15) is 11.7 Å². The molecule has 1 aliphatic rings. The molecule has 2 rings (SSSR count). The van der Waals surface area contributed by atoms with E-state index in [0.29, 0.717) is 0 Å². The van der Waals surface area contributed by atoms with Gasteiger partial charge in [-0.05, 0) is 38.3 Å². The molecule has 5 heteroatoms. The number of likely N-dealkylation sites (N-methyl/N-ethyl adjacent to an activating group) is 1. The highest BCUT2D eigenvalue weighted by atomic mass is 16.5. The predicted octanol–water partition coefficient (Wildman–Crippen LogP) is 1.68. The number of hydrogen-bond donors (Lipinski definition) is 2. The molecule has 1 atom stereocenters. The largest absolute Gasteiger partial charge is 0.384 e. The topological polar surface area (TPSA) is 75.2 Å². The Kier molecular flexibility index (Phi) is 4.37. The number of rotatable bonds is 4. The molecule has 1 aromatic heterocycles. The lowest BCUT2D eigenvalue weighted by Crippen LogP contribution is -2.34. The van der Waals surface area contributed by atoms with Gasteiger partial charge in [-0.3, -0.25) is 5.41 Å². The summed E-state index contributed by atoms with van der Waals surface area (Å²) in [5.74, 6) is 0.924. The number of nitrogen functional groups attached to an aromatic ring is 1. The summed E-state index contributed by atoms with van der Waals surface area (Å²) in [5, 5.41) is 7.53. The Labute approximate surface area is 114 Å². The zero-order chi connectivity index (χ0) is 13.8. The molecule has 5 nitrogen and oxygen atoms in total. The Morgan fingerprint density at radius 2 is 2.32 bits per heavy atom. The van der Waals surface area contributed by atoms with E-state index in [1.165, 1.54) is 6.42 Å². The van der Waals surface area contributed by atoms with Crippen molar-refractivity contribution in [3.05, 3.63) is 23.4 Å². The molecule has 0 radical (unpaired) electrons. The van der Waals surface area contributed by atoms with Gasteiger partial charge in [0.25, 0.3) is 0 Å². The smallest absolute Gasteiger partial charge is 0.129 e. The van der Waals surface area contributed by atoms with Crippen molar-refractivity contribution >= 4 is 11.7 Å². The lowest BCUT2D eigenvalue weighted by Gasteiger charge is -2.28. The SMILES string of the molecule is Cc1cc(C(=N)N)cc(N(C)CC2CCCCO2)n1. The van der Waals surface area contributed by atoms with Crippen LogP contribution in [0.15, 0.2) is 12.1 Å². The molecule has 2 heterocycles. The second-order valence-electron chi connectivity index (χ2n) is 5.14. The molecule has 0 saturated carbocycles. The van der Waals surface area contributed by atoms with Gasteiger partial charge in [-0.2, -0.15) is 0 Å². The van der Waals surface area contributed by atoms with Crippen molar-refractivity contribution in [2.45, 2.75) is 32.3 Å². The number of amidine groups is 1. The number of nitrogens with two attached hydrogens (primary N) is 1. The van der Waals surface area contributed by atoms with Crippen LogP contribution in [0, 0.1) is 12.3 Å². The number of nitrogens with one attached hydrogen (secondary N) is 1. The normalized spacial score (nSPS) is 19.2. The van der Waals surface area contributed by atoms with E-state index in [2.05, 4.69) is 9.88 Å². The highest BCUT2D eigenvalue weighted by molar-refractivity contribution is 5.95. The lowest BCUT2D eigenvalue weighted by atomic mass is 10.1. The van der Waals surface area contributed by atoms with Crippen molar-refractivity contribution in [1.29, 1.82) is 5.41 Å². The van der Waals surface area contributed by atoms with Crippen LogP contribution in [-0.4, -0.2) is 37.1 Å². The third-order valence-corrected chi connectivity index (χ3v) is 3.39. The van der Waals surface area contributed by atoms with Crippen LogP contribution >= 0.6 is 0 Å². The minimum atomic E-state index is 0.0778. The van der Waals surface area contributed by atoms with Gasteiger partial charge in [0.15, 0.2) is 0 Å². The summed E-state index contributed by atoms with van der Waals surface area (Å²) in [6.45, 7) is 3.60. The molecule has 1 aliphatic heterocycles. The van der Waals surface area contributed by atoms with Crippen molar-refractivity contribution in [1.82, 2.24) is 4.98 Å². The Morgan fingerprint density at radius 3 is 2.95 bits per heavy atom. The standard InChI is InChI=1S/C14H22N4O/c1-10-7-11(14(15)16)8-13(17-10)18(2)9-12-5-3-4-6-19-12/h7-8,12H,3-6,9H2,1-2H3,(H3,15,16). The molecule has 3 N–H and O–H groups in total. The van der Waals surface area contributed by atoms with Gasteiger partial charge in [0.2, 0.25) is 0 Å². The summed E-state index contributed by atoms with van der Waals surface area (Å²) in [5.41, 5.74) is 7.14. The Bertz CT molecular complexity index is 455. The van der Waals surface area contributed by atoms with Gasteiger partial charge in [-0.1, -0.05) is 0 Å². The number of aryl methyl sites for hydroxylation is 1. The first kappa shape index (κ1) is 13.8. The van der Waals surface area contributed by atoms with Gasteiger partial charge in [0, 0.05) is 31.5 Å². The van der Waals surface area contributed by atoms with Crippen LogP contribution in [-0.2, 0) is 4.74 Å². The monoisotopic (exact) mass is 262 g/mol. The van der Waals surface area contributed by atoms with Gasteiger partial charge in [-0.15, -0.1) is 0 Å². The molecule has 0 aromatic carbocycles. The lowest BCUT2D eigenvalue weighted by molar-refractivity contribution is 0.0215. The van der Waals surface area contributed by atoms with Gasteiger partial charge in [0.05, 0.1) is 6.10 Å². The van der Waals surface area contributed by atoms with Gasteiger partial charge < -0.3 is 15.4 Å². The average Bonchev–Trinajstić information content (AvgIpc) is 2.39. The van der Waals surface area contributed by atoms with E-state index in [1.54, 1.807) is 0 Å². The predicted molar refractivity (Wildman–Crippen MR) is 76.9 cm³/mol. The third kappa shape index (κ3) is 3.67. The molecule has 0 spiro atoms. The highest BCUT2D eigenvalue weighted by Crippen LogP contribution is 2.18. The van der Waals surface area contributed by atoms with Crippen LogP contribution in [0.3, 0.4) is 0 Å². The fourth-order valence-electron chi connectivity index (χ4n) is 2.35. The molecule has 0 bridgehead atoms. The minimum absolute atomic E-state index is 0.0778. The number of pyridine rings is 1. The quantitative estimate of drug-likeness (QED) is 0.639. The minimum Gasteiger partial charge on any atom is -0.384 e. The summed E-state index contributed by atoms with van der Waals surface area (Å²) in [7, 11) is 2.00. The Hall–Kier alpha value is -1.62. The van der Waals surface area contributed by atoms with Crippen LogP contribution in [0.5, 0.6) is 0 Å². The van der Waals surface area contributed by atoms with E-state index >= 15 is 0 Å². The van der Waals surface area contributed by atoms with Crippen molar-refractivity contribution < 1.29 is 4.74 Å². The summed E-state index contributed by atoms with van der Waals surface area (Å²) in [6, 6.07) is 3.69.